The second kappa shape index (κ2) is 11.7. The molecule has 3 aliphatic rings. The molecule has 3 aromatic rings. The highest BCUT2D eigenvalue weighted by Crippen LogP contribution is 2.37. The molecular formula is C29H29Cl2N5O4. The normalized spacial score (nSPS) is 18.7. The summed E-state index contributed by atoms with van der Waals surface area (Å²) in [5, 5.41) is 3.94. The molecule has 9 nitrogen and oxygen atoms in total. The summed E-state index contributed by atoms with van der Waals surface area (Å²) in [6, 6.07) is 11.3. The first-order valence-electron chi connectivity index (χ1n) is 13.4. The Bertz CT molecular complexity index is 1430. The van der Waals surface area contributed by atoms with E-state index in [1.54, 1.807) is 18.2 Å². The summed E-state index contributed by atoms with van der Waals surface area (Å²) < 4.78 is 11.1. The Morgan fingerprint density at radius 2 is 2.00 bits per heavy atom. The molecule has 1 amide bonds. The van der Waals surface area contributed by atoms with Crippen molar-refractivity contribution < 1.29 is 19.1 Å². The number of hydrogen-bond donors (Lipinski definition) is 1. The van der Waals surface area contributed by atoms with Crippen molar-refractivity contribution in [1.82, 2.24) is 14.9 Å². The quantitative estimate of drug-likeness (QED) is 0.384. The van der Waals surface area contributed by atoms with E-state index in [0.717, 1.165) is 44.6 Å². The van der Waals surface area contributed by atoms with E-state index in [-0.39, 0.29) is 30.0 Å². The Balaban J connectivity index is 1.07. The number of rotatable bonds is 8. The average molecular weight is 582 g/mol. The Kier molecular flexibility index (Phi) is 7.89. The van der Waals surface area contributed by atoms with Gasteiger partial charge < -0.3 is 14.8 Å². The van der Waals surface area contributed by atoms with Gasteiger partial charge in [-0.1, -0.05) is 35.3 Å². The second-order valence-electron chi connectivity index (χ2n) is 10.3. The molecule has 0 aliphatic carbocycles. The number of ether oxygens (including phenoxy) is 2. The minimum absolute atomic E-state index is 0.0652. The summed E-state index contributed by atoms with van der Waals surface area (Å²) in [6.45, 7) is 3.97. The number of halogens is 2. The zero-order valence-corrected chi connectivity index (χ0v) is 23.4. The van der Waals surface area contributed by atoms with Crippen molar-refractivity contribution in [3.8, 4) is 5.88 Å². The van der Waals surface area contributed by atoms with Crippen LogP contribution in [0.4, 0.5) is 17.3 Å². The zero-order chi connectivity index (χ0) is 27.6. The van der Waals surface area contributed by atoms with E-state index in [1.807, 2.05) is 6.07 Å². The van der Waals surface area contributed by atoms with Crippen LogP contribution >= 0.6 is 23.2 Å². The highest BCUT2D eigenvalue weighted by atomic mass is 35.5. The van der Waals surface area contributed by atoms with Gasteiger partial charge in [-0.2, -0.15) is 4.98 Å². The molecule has 6 rings (SSSR count). The Morgan fingerprint density at radius 1 is 1.15 bits per heavy atom. The Labute approximate surface area is 242 Å². The SMILES string of the molecule is O=C(CCCN1CCc2cc(Nc3ncc4c(n3)OCN(c3c(Cl)cccc3Cl)C4=O)ccc2C1)C1CCOC1. The van der Waals surface area contributed by atoms with E-state index in [9.17, 15) is 9.59 Å². The van der Waals surface area contributed by atoms with Crippen molar-refractivity contribution in [2.24, 2.45) is 5.92 Å². The van der Waals surface area contributed by atoms with Crippen LogP contribution in [0.25, 0.3) is 0 Å². The molecule has 40 heavy (non-hydrogen) atoms. The third-order valence-electron chi connectivity index (χ3n) is 7.60. The van der Waals surface area contributed by atoms with Gasteiger partial charge >= 0.3 is 0 Å². The lowest BCUT2D eigenvalue weighted by atomic mass is 9.97. The number of carbonyl (C=O) groups excluding carboxylic acids is 2. The predicted octanol–water partition coefficient (Wildman–Crippen LogP) is 5.27. The molecule has 0 saturated carbocycles. The standard InChI is InChI=1S/C29H29Cl2N5O4/c30-23-3-1-4-24(31)26(23)36-17-40-27-22(28(36)38)14-32-29(34-27)33-21-7-6-19-15-35(11-8-18(19)13-21)10-2-5-25(37)20-9-12-39-16-20/h1,3-4,6-7,13-14,20H,2,5,8-12,15-17H2,(H,32,33,34). The van der Waals surface area contributed by atoms with Crippen LogP contribution in [0, 0.1) is 5.92 Å². The van der Waals surface area contributed by atoms with Gasteiger partial charge in [0.05, 0.1) is 22.3 Å². The summed E-state index contributed by atoms with van der Waals surface area (Å²) in [4.78, 5) is 38.0. The number of benzene rings is 2. The molecular weight excluding hydrogens is 553 g/mol. The molecule has 1 atom stereocenters. The minimum atomic E-state index is -0.335. The van der Waals surface area contributed by atoms with Crippen LogP contribution < -0.4 is 15.0 Å². The van der Waals surface area contributed by atoms with Crippen molar-refractivity contribution in [2.45, 2.75) is 32.2 Å². The lowest BCUT2D eigenvalue weighted by Gasteiger charge is -2.29. The van der Waals surface area contributed by atoms with E-state index in [1.165, 1.54) is 22.2 Å². The third-order valence-corrected chi connectivity index (χ3v) is 8.21. The van der Waals surface area contributed by atoms with Crippen molar-refractivity contribution in [2.75, 3.05) is 43.3 Å². The van der Waals surface area contributed by atoms with Crippen molar-refractivity contribution in [3.63, 3.8) is 0 Å². The fraction of sp³-hybridized carbons (Fsp3) is 0.379. The number of nitrogens with zero attached hydrogens (tertiary/aromatic N) is 4. The molecule has 1 fully saturated rings. The van der Waals surface area contributed by atoms with Gasteiger partial charge in [0, 0.05) is 43.9 Å². The first kappa shape index (κ1) is 27.0. The lowest BCUT2D eigenvalue weighted by Crippen LogP contribution is -2.39. The minimum Gasteiger partial charge on any atom is -0.455 e. The van der Waals surface area contributed by atoms with Crippen molar-refractivity contribution in [3.05, 3.63) is 69.3 Å². The van der Waals surface area contributed by atoms with Crippen LogP contribution in [0.5, 0.6) is 5.88 Å². The van der Waals surface area contributed by atoms with E-state index in [2.05, 4.69) is 32.3 Å². The largest absolute Gasteiger partial charge is 0.455 e. The second-order valence-corrected chi connectivity index (χ2v) is 11.1. The smallest absolute Gasteiger partial charge is 0.268 e. The van der Waals surface area contributed by atoms with Crippen LogP contribution in [0.15, 0.2) is 42.6 Å². The Morgan fingerprint density at radius 3 is 2.80 bits per heavy atom. The molecule has 1 N–H and O–H groups in total. The summed E-state index contributed by atoms with van der Waals surface area (Å²) >= 11 is 12.6. The monoisotopic (exact) mass is 581 g/mol. The first-order valence-corrected chi connectivity index (χ1v) is 14.2. The molecule has 0 radical (unpaired) electrons. The number of para-hydroxylation sites is 1. The lowest BCUT2D eigenvalue weighted by molar-refractivity contribution is -0.123. The van der Waals surface area contributed by atoms with Gasteiger partial charge in [0.2, 0.25) is 11.8 Å². The van der Waals surface area contributed by atoms with Gasteiger partial charge in [-0.25, -0.2) is 4.98 Å². The van der Waals surface area contributed by atoms with Crippen LogP contribution in [-0.2, 0) is 22.5 Å². The average Bonchev–Trinajstić information content (AvgIpc) is 3.50. The fourth-order valence-electron chi connectivity index (χ4n) is 5.40. The molecule has 1 unspecified atom stereocenters. The van der Waals surface area contributed by atoms with Crippen LogP contribution in [0.1, 0.15) is 40.7 Å². The summed E-state index contributed by atoms with van der Waals surface area (Å²) in [5.41, 5.74) is 4.05. The maximum atomic E-state index is 13.1. The van der Waals surface area contributed by atoms with E-state index < -0.39 is 0 Å². The predicted molar refractivity (Wildman–Crippen MR) is 153 cm³/mol. The van der Waals surface area contributed by atoms with Crippen LogP contribution in [0.3, 0.4) is 0 Å². The molecule has 208 valence electrons. The maximum Gasteiger partial charge on any atom is 0.268 e. The maximum absolute atomic E-state index is 13.1. The number of nitrogens with one attached hydrogen (secondary N) is 1. The van der Waals surface area contributed by atoms with Gasteiger partial charge in [-0.3, -0.25) is 19.4 Å². The summed E-state index contributed by atoms with van der Waals surface area (Å²) in [5.74, 6) is 0.645. The fourth-order valence-corrected chi connectivity index (χ4v) is 6.01. The number of carbonyl (C=O) groups is 2. The van der Waals surface area contributed by atoms with Gasteiger partial charge in [-0.05, 0) is 61.2 Å². The van der Waals surface area contributed by atoms with E-state index in [0.29, 0.717) is 47.1 Å². The van der Waals surface area contributed by atoms with Crippen LogP contribution in [-0.4, -0.2) is 59.6 Å². The molecule has 0 bridgehead atoms. The number of amides is 1. The highest BCUT2D eigenvalue weighted by molar-refractivity contribution is 6.40. The molecule has 11 heteroatoms. The van der Waals surface area contributed by atoms with Crippen LogP contribution in [0.2, 0.25) is 10.0 Å². The Hall–Kier alpha value is -3.24. The van der Waals surface area contributed by atoms with Crippen molar-refractivity contribution in [1.29, 1.82) is 0 Å². The van der Waals surface area contributed by atoms with Crippen molar-refractivity contribution >= 4 is 52.2 Å². The number of anilines is 3. The number of aromatic nitrogens is 2. The topological polar surface area (TPSA) is 96.9 Å². The molecule has 2 aromatic carbocycles. The first-order chi connectivity index (χ1) is 19.5. The molecule has 1 aromatic heterocycles. The molecule has 1 saturated heterocycles. The van der Waals surface area contributed by atoms with E-state index in [4.69, 9.17) is 32.7 Å². The van der Waals surface area contributed by atoms with E-state index >= 15 is 0 Å². The molecule has 3 aliphatic heterocycles. The number of ketones is 1. The third kappa shape index (κ3) is 5.65. The number of hydrogen-bond acceptors (Lipinski definition) is 8. The van der Waals surface area contributed by atoms with Gasteiger partial charge in [-0.15, -0.1) is 0 Å². The zero-order valence-electron chi connectivity index (χ0n) is 21.9. The number of fused-ring (bicyclic) bond motifs is 2. The summed E-state index contributed by atoms with van der Waals surface area (Å²) in [7, 11) is 0. The molecule has 0 spiro atoms. The number of Topliss-reactive ketones (excluding diaryl/α,β-unsaturated/α-hetero) is 1. The summed E-state index contributed by atoms with van der Waals surface area (Å²) in [6.07, 6.45) is 4.75. The highest BCUT2D eigenvalue weighted by Gasteiger charge is 2.31. The van der Waals surface area contributed by atoms with Gasteiger partial charge in [0.1, 0.15) is 11.3 Å². The molecule has 4 heterocycles. The van der Waals surface area contributed by atoms with Gasteiger partial charge in [0.25, 0.3) is 5.91 Å². The van der Waals surface area contributed by atoms with Gasteiger partial charge in [0.15, 0.2) is 6.73 Å².